The van der Waals surface area contributed by atoms with Gasteiger partial charge in [0, 0.05) is 21.1 Å². The highest BCUT2D eigenvalue weighted by molar-refractivity contribution is 9.13. The summed E-state index contributed by atoms with van der Waals surface area (Å²) >= 11 is 7.05. The number of benzene rings is 1. The lowest BCUT2D eigenvalue weighted by Gasteiger charge is -2.15. The van der Waals surface area contributed by atoms with Crippen LogP contribution in [0.4, 0.5) is 0 Å². The number of hydrogen-bond acceptors (Lipinski definition) is 1. The molecule has 1 aliphatic rings. The number of amides is 1. The van der Waals surface area contributed by atoms with Gasteiger partial charge in [-0.25, -0.2) is 0 Å². The molecule has 0 radical (unpaired) electrons. The number of nitrogens with one attached hydrogen (secondary N) is 1. The first-order valence-corrected chi connectivity index (χ1v) is 9.57. The first kappa shape index (κ1) is 18.5. The maximum Gasteiger partial charge on any atom is 0.244 e. The van der Waals surface area contributed by atoms with E-state index >= 15 is 0 Å². The van der Waals surface area contributed by atoms with Crippen LogP contribution in [0.5, 0.6) is 0 Å². The van der Waals surface area contributed by atoms with E-state index in [0.717, 1.165) is 8.95 Å². The molecule has 0 bridgehead atoms. The van der Waals surface area contributed by atoms with Crippen molar-refractivity contribution in [1.29, 1.82) is 0 Å². The Bertz CT molecular complexity index is 622. The van der Waals surface area contributed by atoms with Gasteiger partial charge in [-0.05, 0) is 80.7 Å². The Morgan fingerprint density at radius 2 is 1.96 bits per heavy atom. The maximum atomic E-state index is 11.7. The highest BCUT2D eigenvalue weighted by Crippen LogP contribution is 2.49. The highest BCUT2D eigenvalue weighted by Gasteiger charge is 2.36. The van der Waals surface area contributed by atoms with E-state index in [9.17, 15) is 4.79 Å². The zero-order chi connectivity index (χ0) is 17.0. The predicted octanol–water partition coefficient (Wildman–Crippen LogP) is 5.59. The Balaban J connectivity index is 1.80. The quantitative estimate of drug-likeness (QED) is 0.453. The molecule has 1 N–H and O–H groups in total. The lowest BCUT2D eigenvalue weighted by Crippen LogP contribution is -2.34. The molecule has 2 rings (SSSR count). The minimum Gasteiger partial charge on any atom is -0.350 e. The van der Waals surface area contributed by atoms with E-state index < -0.39 is 0 Å². The molecular formula is C19H23Br2NO. The standard InChI is InChI=1S/C19H23Br2NO/c1-12(2)13(3)22-19(23)7-5-4-6-14-10-16(14)15-8-9-17(20)18(21)11-15/h4-9,11-14,16H,10H2,1-3H3,(H,22,23). The molecule has 3 atom stereocenters. The van der Waals surface area contributed by atoms with Gasteiger partial charge in [-0.15, -0.1) is 0 Å². The van der Waals surface area contributed by atoms with Crippen LogP contribution in [0, 0.1) is 11.8 Å². The largest absolute Gasteiger partial charge is 0.350 e. The smallest absolute Gasteiger partial charge is 0.244 e. The van der Waals surface area contributed by atoms with Gasteiger partial charge in [-0.3, -0.25) is 4.79 Å². The van der Waals surface area contributed by atoms with Crippen molar-refractivity contribution in [2.24, 2.45) is 11.8 Å². The molecule has 1 amide bonds. The van der Waals surface area contributed by atoms with E-state index in [4.69, 9.17) is 0 Å². The monoisotopic (exact) mass is 439 g/mol. The Kier molecular flexibility index (Phi) is 6.66. The molecule has 1 fully saturated rings. The summed E-state index contributed by atoms with van der Waals surface area (Å²) in [6, 6.07) is 6.63. The number of rotatable bonds is 6. The third kappa shape index (κ3) is 5.61. The van der Waals surface area contributed by atoms with Crippen molar-refractivity contribution in [2.75, 3.05) is 0 Å². The summed E-state index contributed by atoms with van der Waals surface area (Å²) in [7, 11) is 0. The predicted molar refractivity (Wildman–Crippen MR) is 103 cm³/mol. The molecule has 1 aliphatic carbocycles. The Morgan fingerprint density at radius 3 is 2.61 bits per heavy atom. The van der Waals surface area contributed by atoms with Gasteiger partial charge in [-0.2, -0.15) is 0 Å². The summed E-state index contributed by atoms with van der Waals surface area (Å²) in [5.74, 6) is 1.59. The van der Waals surface area contributed by atoms with Crippen molar-refractivity contribution in [2.45, 2.75) is 39.2 Å². The molecule has 1 aromatic rings. The van der Waals surface area contributed by atoms with Gasteiger partial charge in [0.05, 0.1) is 0 Å². The molecule has 2 nitrogen and oxygen atoms in total. The Morgan fingerprint density at radius 1 is 1.22 bits per heavy atom. The molecule has 3 unspecified atom stereocenters. The highest BCUT2D eigenvalue weighted by atomic mass is 79.9. The average molecular weight is 441 g/mol. The number of carbonyl (C=O) groups excluding carboxylic acids is 1. The van der Waals surface area contributed by atoms with Crippen molar-refractivity contribution in [1.82, 2.24) is 5.32 Å². The maximum absolute atomic E-state index is 11.7. The SMILES string of the molecule is CC(C)C(C)NC(=O)C=CC=CC1CC1c1ccc(Br)c(Br)c1. The van der Waals surface area contributed by atoms with Crippen molar-refractivity contribution >= 4 is 37.8 Å². The minimum atomic E-state index is -0.0277. The van der Waals surface area contributed by atoms with Crippen LogP contribution < -0.4 is 5.32 Å². The van der Waals surface area contributed by atoms with Gasteiger partial charge in [0.2, 0.25) is 5.91 Å². The molecule has 0 spiro atoms. The van der Waals surface area contributed by atoms with Gasteiger partial charge >= 0.3 is 0 Å². The minimum absolute atomic E-state index is 0.0277. The molecule has 0 saturated heterocycles. The Hall–Kier alpha value is -0.870. The fourth-order valence-corrected chi connectivity index (χ4v) is 2.99. The van der Waals surface area contributed by atoms with Gasteiger partial charge in [-0.1, -0.05) is 38.1 Å². The molecule has 124 valence electrons. The van der Waals surface area contributed by atoms with E-state index in [2.05, 4.69) is 75.3 Å². The topological polar surface area (TPSA) is 29.1 Å². The van der Waals surface area contributed by atoms with Crippen LogP contribution in [-0.2, 0) is 4.79 Å². The number of halogens is 2. The molecule has 0 aliphatic heterocycles. The van der Waals surface area contributed by atoms with Crippen molar-refractivity contribution in [3.8, 4) is 0 Å². The van der Waals surface area contributed by atoms with E-state index in [1.54, 1.807) is 6.08 Å². The van der Waals surface area contributed by atoms with Gasteiger partial charge < -0.3 is 5.32 Å². The summed E-state index contributed by atoms with van der Waals surface area (Å²) in [4.78, 5) is 11.7. The summed E-state index contributed by atoms with van der Waals surface area (Å²) in [5.41, 5.74) is 1.36. The molecule has 23 heavy (non-hydrogen) atoms. The van der Waals surface area contributed by atoms with Crippen LogP contribution in [0.1, 0.15) is 38.7 Å². The molecule has 0 heterocycles. The lowest BCUT2D eigenvalue weighted by atomic mass is 10.1. The average Bonchev–Trinajstić information content (AvgIpc) is 3.26. The lowest BCUT2D eigenvalue weighted by molar-refractivity contribution is -0.117. The second-order valence-corrected chi connectivity index (χ2v) is 8.17. The van der Waals surface area contributed by atoms with Gasteiger partial charge in [0.15, 0.2) is 0 Å². The van der Waals surface area contributed by atoms with Crippen LogP contribution in [0.3, 0.4) is 0 Å². The summed E-state index contributed by atoms with van der Waals surface area (Å²) in [6.07, 6.45) is 8.78. The number of carbonyl (C=O) groups is 1. The second-order valence-electron chi connectivity index (χ2n) is 6.46. The fourth-order valence-electron chi connectivity index (χ4n) is 2.34. The number of hydrogen-bond donors (Lipinski definition) is 1. The van der Waals surface area contributed by atoms with Crippen LogP contribution in [0.25, 0.3) is 0 Å². The fraction of sp³-hybridized carbons (Fsp3) is 0.421. The first-order chi connectivity index (χ1) is 10.9. The third-order valence-corrected chi connectivity index (χ3v) is 6.18. The molecular weight excluding hydrogens is 418 g/mol. The van der Waals surface area contributed by atoms with E-state index in [1.165, 1.54) is 12.0 Å². The molecule has 0 aromatic heterocycles. The zero-order valence-electron chi connectivity index (χ0n) is 13.7. The molecule has 4 heteroatoms. The zero-order valence-corrected chi connectivity index (χ0v) is 16.9. The molecule has 1 aromatic carbocycles. The van der Waals surface area contributed by atoms with Gasteiger partial charge in [0.1, 0.15) is 0 Å². The van der Waals surface area contributed by atoms with Crippen LogP contribution in [-0.4, -0.2) is 11.9 Å². The number of allylic oxidation sites excluding steroid dienone is 3. The van der Waals surface area contributed by atoms with Gasteiger partial charge in [0.25, 0.3) is 0 Å². The Labute approximate surface area is 155 Å². The van der Waals surface area contributed by atoms with Crippen LogP contribution in [0.2, 0.25) is 0 Å². The summed E-state index contributed by atoms with van der Waals surface area (Å²) < 4.78 is 2.18. The summed E-state index contributed by atoms with van der Waals surface area (Å²) in [5, 5.41) is 2.96. The first-order valence-electron chi connectivity index (χ1n) is 7.98. The van der Waals surface area contributed by atoms with Crippen LogP contribution in [0.15, 0.2) is 51.4 Å². The van der Waals surface area contributed by atoms with E-state index in [1.807, 2.05) is 19.1 Å². The van der Waals surface area contributed by atoms with Crippen LogP contribution >= 0.6 is 31.9 Å². The van der Waals surface area contributed by atoms with Crippen molar-refractivity contribution in [3.05, 3.63) is 57.0 Å². The summed E-state index contributed by atoms with van der Waals surface area (Å²) in [6.45, 7) is 6.22. The van der Waals surface area contributed by atoms with Crippen molar-refractivity contribution < 1.29 is 4.79 Å². The normalized spacial score (nSPS) is 22.0. The van der Waals surface area contributed by atoms with E-state index in [-0.39, 0.29) is 11.9 Å². The van der Waals surface area contributed by atoms with E-state index in [0.29, 0.717) is 17.8 Å². The second kappa shape index (κ2) is 8.29. The molecule has 1 saturated carbocycles. The van der Waals surface area contributed by atoms with Crippen molar-refractivity contribution in [3.63, 3.8) is 0 Å². The third-order valence-electron chi connectivity index (χ3n) is 4.30.